The summed E-state index contributed by atoms with van der Waals surface area (Å²) in [7, 11) is 0. The first-order valence-corrected chi connectivity index (χ1v) is 9.76. The molecule has 0 aliphatic carbocycles. The largest absolute Gasteiger partial charge is 0.341 e. The highest BCUT2D eigenvalue weighted by Gasteiger charge is 2.19. The zero-order chi connectivity index (χ0) is 20.8. The van der Waals surface area contributed by atoms with E-state index in [4.69, 9.17) is 0 Å². The van der Waals surface area contributed by atoms with Gasteiger partial charge >= 0.3 is 0 Å². The van der Waals surface area contributed by atoms with Crippen LogP contribution in [-0.2, 0) is 11.3 Å². The van der Waals surface area contributed by atoms with E-state index in [9.17, 15) is 13.6 Å². The third kappa shape index (κ3) is 5.04. The Hall–Kier alpha value is -3.09. The molecule has 7 heteroatoms. The molecule has 2 aromatic carbocycles. The van der Waals surface area contributed by atoms with Crippen molar-refractivity contribution < 1.29 is 13.6 Å². The number of carbonyl (C=O) groups is 1. The molecule has 1 heterocycles. The van der Waals surface area contributed by atoms with Crippen molar-refractivity contribution in [3.63, 3.8) is 0 Å². The predicted octanol–water partition coefficient (Wildman–Crippen LogP) is 4.54. The molecule has 0 atom stereocenters. The molecule has 0 aliphatic heterocycles. The van der Waals surface area contributed by atoms with Gasteiger partial charge in [-0.2, -0.15) is 0 Å². The lowest BCUT2D eigenvalue weighted by Gasteiger charge is -2.21. The van der Waals surface area contributed by atoms with Crippen molar-refractivity contribution in [3.8, 4) is 22.8 Å². The lowest BCUT2D eigenvalue weighted by atomic mass is 10.2. The number of carbonyl (C=O) groups excluding carboxylic acids is 1. The monoisotopic (exact) mass is 398 g/mol. The van der Waals surface area contributed by atoms with Gasteiger partial charge in [0.15, 0.2) is 11.6 Å². The number of hydrogen-bond donors (Lipinski definition) is 0. The van der Waals surface area contributed by atoms with Crippen LogP contribution in [0.15, 0.2) is 48.5 Å². The van der Waals surface area contributed by atoms with Crippen LogP contribution in [0.2, 0.25) is 0 Å². The zero-order valence-corrected chi connectivity index (χ0v) is 16.6. The Morgan fingerprint density at radius 2 is 1.41 bits per heavy atom. The van der Waals surface area contributed by atoms with E-state index in [0.717, 1.165) is 12.8 Å². The van der Waals surface area contributed by atoms with Crippen molar-refractivity contribution in [1.29, 1.82) is 0 Å². The number of benzene rings is 2. The van der Waals surface area contributed by atoms with Gasteiger partial charge in [-0.25, -0.2) is 18.4 Å². The summed E-state index contributed by atoms with van der Waals surface area (Å²) in [5, 5.41) is 4.49. The molecule has 5 nitrogen and oxygen atoms in total. The Balaban J connectivity index is 1.98. The van der Waals surface area contributed by atoms with Gasteiger partial charge in [0, 0.05) is 24.2 Å². The molecule has 0 spiro atoms. The van der Waals surface area contributed by atoms with E-state index in [-0.39, 0.29) is 24.1 Å². The lowest BCUT2D eigenvalue weighted by molar-refractivity contribution is -0.132. The van der Waals surface area contributed by atoms with E-state index in [1.165, 1.54) is 28.9 Å². The maximum Gasteiger partial charge on any atom is 0.244 e. The fourth-order valence-electron chi connectivity index (χ4n) is 3.12. The van der Waals surface area contributed by atoms with Gasteiger partial charge in [0.25, 0.3) is 0 Å². The van der Waals surface area contributed by atoms with Crippen LogP contribution >= 0.6 is 0 Å². The van der Waals surface area contributed by atoms with Gasteiger partial charge in [-0.3, -0.25) is 4.79 Å². The predicted molar refractivity (Wildman–Crippen MR) is 108 cm³/mol. The molecule has 3 rings (SSSR count). The SMILES string of the molecule is CCCN(CCC)C(=O)Cn1nc(-c2ccc(F)cc2)nc1-c1ccc(F)cc1. The van der Waals surface area contributed by atoms with E-state index in [1.54, 1.807) is 24.3 Å². The van der Waals surface area contributed by atoms with Crippen LogP contribution < -0.4 is 0 Å². The van der Waals surface area contributed by atoms with Gasteiger partial charge in [-0.15, -0.1) is 5.10 Å². The van der Waals surface area contributed by atoms with Crippen molar-refractivity contribution in [1.82, 2.24) is 19.7 Å². The zero-order valence-electron chi connectivity index (χ0n) is 16.6. The molecular formula is C22H24F2N4O. The molecule has 3 aromatic rings. The summed E-state index contributed by atoms with van der Waals surface area (Å²) in [6.07, 6.45) is 1.74. The summed E-state index contributed by atoms with van der Waals surface area (Å²) >= 11 is 0. The number of halogens is 2. The topological polar surface area (TPSA) is 51.0 Å². The maximum absolute atomic E-state index is 13.4. The molecule has 0 radical (unpaired) electrons. The number of nitrogens with zero attached hydrogens (tertiary/aromatic N) is 4. The first-order chi connectivity index (χ1) is 14.0. The van der Waals surface area contributed by atoms with Crippen molar-refractivity contribution in [2.45, 2.75) is 33.2 Å². The fraction of sp³-hybridized carbons (Fsp3) is 0.318. The first kappa shape index (κ1) is 20.6. The van der Waals surface area contributed by atoms with E-state index in [2.05, 4.69) is 10.1 Å². The van der Waals surface area contributed by atoms with E-state index >= 15 is 0 Å². The van der Waals surface area contributed by atoms with E-state index < -0.39 is 0 Å². The quantitative estimate of drug-likeness (QED) is 0.560. The molecule has 152 valence electrons. The Morgan fingerprint density at radius 1 is 0.897 bits per heavy atom. The molecule has 0 unspecified atom stereocenters. The normalized spacial score (nSPS) is 10.9. The van der Waals surface area contributed by atoms with Gasteiger partial charge in [-0.05, 0) is 61.4 Å². The minimum Gasteiger partial charge on any atom is -0.341 e. The van der Waals surface area contributed by atoms with Crippen LogP contribution in [-0.4, -0.2) is 38.7 Å². The van der Waals surface area contributed by atoms with Crippen LogP contribution in [0.1, 0.15) is 26.7 Å². The first-order valence-electron chi connectivity index (χ1n) is 9.76. The second-order valence-electron chi connectivity index (χ2n) is 6.81. The molecule has 1 aromatic heterocycles. The van der Waals surface area contributed by atoms with Gasteiger partial charge in [0.05, 0.1) is 0 Å². The summed E-state index contributed by atoms with van der Waals surface area (Å²) in [6.45, 7) is 5.45. The van der Waals surface area contributed by atoms with E-state index in [0.29, 0.717) is 35.9 Å². The van der Waals surface area contributed by atoms with Crippen LogP contribution in [0.5, 0.6) is 0 Å². The Kier molecular flexibility index (Phi) is 6.69. The molecule has 0 N–H and O–H groups in total. The minimum absolute atomic E-state index is 0.0287. The standard InChI is InChI=1S/C22H24F2N4O/c1-3-13-27(14-4-2)20(29)15-28-22(17-7-11-19(24)12-8-17)25-21(26-28)16-5-9-18(23)10-6-16/h5-12H,3-4,13-15H2,1-2H3. The Morgan fingerprint density at radius 3 is 1.93 bits per heavy atom. The second-order valence-corrected chi connectivity index (χ2v) is 6.81. The molecule has 0 saturated carbocycles. The number of hydrogen-bond acceptors (Lipinski definition) is 3. The highest BCUT2D eigenvalue weighted by Crippen LogP contribution is 2.23. The molecule has 0 bridgehead atoms. The Bertz CT molecular complexity index is 946. The summed E-state index contributed by atoms with van der Waals surface area (Å²) in [5.41, 5.74) is 1.29. The van der Waals surface area contributed by atoms with Crippen LogP contribution in [0.4, 0.5) is 8.78 Å². The molecule has 0 saturated heterocycles. The smallest absolute Gasteiger partial charge is 0.244 e. The van der Waals surface area contributed by atoms with Crippen molar-refractivity contribution >= 4 is 5.91 Å². The third-order valence-electron chi connectivity index (χ3n) is 4.50. The number of aromatic nitrogens is 3. The van der Waals surface area contributed by atoms with Gasteiger partial charge in [0.2, 0.25) is 5.91 Å². The second kappa shape index (κ2) is 9.41. The fourth-order valence-corrected chi connectivity index (χ4v) is 3.12. The minimum atomic E-state index is -0.355. The summed E-state index contributed by atoms with van der Waals surface area (Å²) in [6, 6.07) is 11.7. The number of rotatable bonds is 8. The highest BCUT2D eigenvalue weighted by atomic mass is 19.1. The molecule has 1 amide bonds. The average Bonchev–Trinajstić information content (AvgIpc) is 3.12. The highest BCUT2D eigenvalue weighted by molar-refractivity contribution is 5.77. The molecule has 0 fully saturated rings. The van der Waals surface area contributed by atoms with Crippen molar-refractivity contribution in [2.24, 2.45) is 0 Å². The van der Waals surface area contributed by atoms with Crippen molar-refractivity contribution in [2.75, 3.05) is 13.1 Å². The van der Waals surface area contributed by atoms with Crippen LogP contribution in [0.25, 0.3) is 22.8 Å². The van der Waals surface area contributed by atoms with Gasteiger partial charge in [-0.1, -0.05) is 13.8 Å². The molecular weight excluding hydrogens is 374 g/mol. The number of amides is 1. The van der Waals surface area contributed by atoms with E-state index in [1.807, 2.05) is 18.7 Å². The van der Waals surface area contributed by atoms with Crippen molar-refractivity contribution in [3.05, 3.63) is 60.2 Å². The lowest BCUT2D eigenvalue weighted by Crippen LogP contribution is -2.35. The molecule has 0 aliphatic rings. The van der Waals surface area contributed by atoms with Gasteiger partial charge < -0.3 is 4.90 Å². The molecule has 29 heavy (non-hydrogen) atoms. The Labute approximate surface area is 169 Å². The van der Waals surface area contributed by atoms with Crippen LogP contribution in [0, 0.1) is 11.6 Å². The average molecular weight is 398 g/mol. The summed E-state index contributed by atoms with van der Waals surface area (Å²) < 4.78 is 28.2. The summed E-state index contributed by atoms with van der Waals surface area (Å²) in [4.78, 5) is 19.2. The van der Waals surface area contributed by atoms with Gasteiger partial charge in [0.1, 0.15) is 18.2 Å². The summed E-state index contributed by atoms with van der Waals surface area (Å²) in [5.74, 6) is 0.0940. The third-order valence-corrected chi connectivity index (χ3v) is 4.50. The van der Waals surface area contributed by atoms with Crippen LogP contribution in [0.3, 0.4) is 0 Å². The maximum atomic E-state index is 13.4.